The summed E-state index contributed by atoms with van der Waals surface area (Å²) in [4.78, 5) is 46.9. The maximum Gasteiger partial charge on any atom is 0.404 e. The molecule has 10 nitrogen and oxygen atoms in total. The van der Waals surface area contributed by atoms with Crippen molar-refractivity contribution < 1.29 is 37.4 Å². The summed E-state index contributed by atoms with van der Waals surface area (Å²) in [7, 11) is 0. The number of rotatable bonds is 6. The highest BCUT2D eigenvalue weighted by atomic mass is 19.1. The van der Waals surface area contributed by atoms with Crippen LogP contribution in [0.25, 0.3) is 11.3 Å². The first kappa shape index (κ1) is 28.8. The quantitative estimate of drug-likeness (QED) is 0.351. The number of esters is 1. The molecule has 5 rings (SSSR count). The highest BCUT2D eigenvalue weighted by molar-refractivity contribution is 6.05. The van der Waals surface area contributed by atoms with Crippen LogP contribution in [-0.2, 0) is 16.0 Å². The number of ether oxygens (including phenoxy) is 1. The Hall–Kier alpha value is -4.68. The molecule has 220 valence electrons. The van der Waals surface area contributed by atoms with Gasteiger partial charge in [-0.1, -0.05) is 13.0 Å². The monoisotopic (exact) mass is 583 g/mol. The van der Waals surface area contributed by atoms with Crippen molar-refractivity contribution in [2.75, 3.05) is 23.3 Å². The molecule has 2 aliphatic rings. The van der Waals surface area contributed by atoms with Gasteiger partial charge in [-0.15, -0.1) is 0 Å². The summed E-state index contributed by atoms with van der Waals surface area (Å²) in [6.07, 6.45) is 1.25. The molecule has 1 saturated heterocycles. The molecule has 0 bridgehead atoms. The van der Waals surface area contributed by atoms with Crippen molar-refractivity contribution in [1.82, 2.24) is 15.3 Å². The number of benzene rings is 1. The van der Waals surface area contributed by atoms with E-state index in [0.29, 0.717) is 43.7 Å². The van der Waals surface area contributed by atoms with Crippen LogP contribution >= 0.6 is 0 Å². The number of amides is 2. The first-order valence-corrected chi connectivity index (χ1v) is 13.4. The minimum Gasteiger partial charge on any atom is -0.465 e. The van der Waals surface area contributed by atoms with E-state index in [1.54, 1.807) is 0 Å². The molecule has 1 aromatic carbocycles. The second-order valence-corrected chi connectivity index (χ2v) is 10.5. The lowest BCUT2D eigenvalue weighted by molar-refractivity contribution is -0.146. The van der Waals surface area contributed by atoms with Gasteiger partial charge in [-0.2, -0.15) is 0 Å². The smallest absolute Gasteiger partial charge is 0.404 e. The fraction of sp³-hybridized carbons (Fsp3) is 0.345. The van der Waals surface area contributed by atoms with Gasteiger partial charge in [-0.25, -0.2) is 22.9 Å². The Labute approximate surface area is 238 Å². The molecule has 3 unspecified atom stereocenters. The van der Waals surface area contributed by atoms with Crippen LogP contribution in [0.15, 0.2) is 36.5 Å². The van der Waals surface area contributed by atoms with Gasteiger partial charge in [0.2, 0.25) is 0 Å². The minimum absolute atomic E-state index is 0.0885. The fourth-order valence-corrected chi connectivity index (χ4v) is 5.73. The summed E-state index contributed by atoms with van der Waals surface area (Å²) >= 11 is 0. The van der Waals surface area contributed by atoms with E-state index in [1.807, 2.05) is 11.8 Å². The third-order valence-electron chi connectivity index (χ3n) is 7.28. The molecule has 13 heteroatoms. The lowest BCUT2D eigenvalue weighted by Gasteiger charge is -2.39. The van der Waals surface area contributed by atoms with Crippen LogP contribution in [-0.4, -0.2) is 52.2 Å². The molecule has 3 heterocycles. The zero-order chi connectivity index (χ0) is 30.1. The SMILES string of the molecule is CC(=O)OC1CCc2c1ncc(NC(=O)c1ccc(F)c(-c3c(F)cccc3F)n1)c2N1CC(C)CC(NC(=O)O)C1. The number of nitrogens with zero attached hydrogens (tertiary/aromatic N) is 3. The lowest BCUT2D eigenvalue weighted by Crippen LogP contribution is -2.50. The van der Waals surface area contributed by atoms with Gasteiger partial charge in [-0.05, 0) is 49.4 Å². The van der Waals surface area contributed by atoms with E-state index in [0.717, 1.165) is 35.9 Å². The van der Waals surface area contributed by atoms with Crippen LogP contribution in [0.1, 0.15) is 54.5 Å². The Bertz CT molecular complexity index is 1550. The van der Waals surface area contributed by atoms with Crippen LogP contribution in [0.2, 0.25) is 0 Å². The minimum atomic E-state index is -1.15. The number of hydrogen-bond donors (Lipinski definition) is 3. The van der Waals surface area contributed by atoms with E-state index in [9.17, 15) is 32.7 Å². The zero-order valence-corrected chi connectivity index (χ0v) is 22.8. The second kappa shape index (κ2) is 11.7. The molecule has 0 saturated carbocycles. The normalized spacial score (nSPS) is 19.6. The van der Waals surface area contributed by atoms with Crippen molar-refractivity contribution in [1.29, 1.82) is 0 Å². The average molecular weight is 584 g/mol. The van der Waals surface area contributed by atoms with E-state index in [-0.39, 0.29) is 23.3 Å². The zero-order valence-electron chi connectivity index (χ0n) is 22.8. The van der Waals surface area contributed by atoms with Gasteiger partial charge in [0.15, 0.2) is 0 Å². The average Bonchev–Trinajstić information content (AvgIpc) is 3.30. The molecule has 0 radical (unpaired) electrons. The standard InChI is InChI=1S/C29H28F3N5O5/c1-14-10-16(34-29(40)41)13-37(12-14)27-17-6-9-23(42-15(2)38)25(17)33-11-22(27)36-28(39)21-8-7-20(32)26(35-21)24-18(30)4-3-5-19(24)31/h3-5,7-8,11,14,16,23,34H,6,9-10,12-13H2,1-2H3,(H,36,39)(H,40,41). The van der Waals surface area contributed by atoms with Gasteiger partial charge in [0.05, 0.1) is 28.8 Å². The molecule has 2 amide bonds. The number of pyridine rings is 2. The number of carbonyl (C=O) groups excluding carboxylic acids is 2. The number of anilines is 2. The maximum atomic E-state index is 14.6. The van der Waals surface area contributed by atoms with Crippen LogP contribution in [0.4, 0.5) is 29.3 Å². The molecule has 1 aliphatic heterocycles. The Morgan fingerprint density at radius 3 is 2.50 bits per heavy atom. The van der Waals surface area contributed by atoms with Gasteiger partial charge >= 0.3 is 12.1 Å². The predicted molar refractivity (Wildman–Crippen MR) is 146 cm³/mol. The highest BCUT2D eigenvalue weighted by Crippen LogP contribution is 2.43. The van der Waals surface area contributed by atoms with Gasteiger partial charge in [0, 0.05) is 31.6 Å². The summed E-state index contributed by atoms with van der Waals surface area (Å²) < 4.78 is 48.9. The maximum absolute atomic E-state index is 14.6. The number of nitrogens with one attached hydrogen (secondary N) is 2. The highest BCUT2D eigenvalue weighted by Gasteiger charge is 2.35. The van der Waals surface area contributed by atoms with Crippen molar-refractivity contribution >= 4 is 29.3 Å². The topological polar surface area (TPSA) is 134 Å². The van der Waals surface area contributed by atoms with Crippen molar-refractivity contribution in [2.24, 2.45) is 5.92 Å². The Morgan fingerprint density at radius 2 is 1.81 bits per heavy atom. The van der Waals surface area contributed by atoms with Crippen molar-refractivity contribution in [3.63, 3.8) is 0 Å². The summed E-state index contributed by atoms with van der Waals surface area (Å²) in [6, 6.07) is 4.67. The largest absolute Gasteiger partial charge is 0.465 e. The van der Waals surface area contributed by atoms with Crippen LogP contribution < -0.4 is 15.5 Å². The molecule has 2 aromatic heterocycles. The molecule has 0 spiro atoms. The predicted octanol–water partition coefficient (Wildman–Crippen LogP) is 4.85. The van der Waals surface area contributed by atoms with Crippen molar-refractivity contribution in [2.45, 2.75) is 45.3 Å². The molecule has 42 heavy (non-hydrogen) atoms. The van der Waals surface area contributed by atoms with E-state index in [1.165, 1.54) is 13.1 Å². The van der Waals surface area contributed by atoms with Crippen LogP contribution in [0.5, 0.6) is 0 Å². The molecule has 3 aromatic rings. The number of aromatic nitrogens is 2. The van der Waals surface area contributed by atoms with Crippen molar-refractivity contribution in [3.05, 3.63) is 70.9 Å². The molecular weight excluding hydrogens is 555 g/mol. The van der Waals surface area contributed by atoms with Gasteiger partial charge in [0.1, 0.15) is 34.9 Å². The number of hydrogen-bond acceptors (Lipinski definition) is 7. The van der Waals surface area contributed by atoms with E-state index >= 15 is 0 Å². The molecule has 3 N–H and O–H groups in total. The first-order chi connectivity index (χ1) is 20.0. The molecular formula is C29H28F3N5O5. The summed E-state index contributed by atoms with van der Waals surface area (Å²) in [5, 5.41) is 14.6. The second-order valence-electron chi connectivity index (χ2n) is 10.5. The number of fused-ring (bicyclic) bond motifs is 1. The summed E-state index contributed by atoms with van der Waals surface area (Å²) in [5.74, 6) is -4.23. The van der Waals surface area contributed by atoms with Gasteiger partial charge in [-0.3, -0.25) is 14.6 Å². The Balaban J connectivity index is 1.53. The van der Waals surface area contributed by atoms with Crippen LogP contribution in [0.3, 0.4) is 0 Å². The third kappa shape index (κ3) is 5.85. The number of carboxylic acid groups (broad SMARTS) is 1. The molecule has 3 atom stereocenters. The third-order valence-corrected chi connectivity index (χ3v) is 7.28. The fourth-order valence-electron chi connectivity index (χ4n) is 5.73. The van der Waals surface area contributed by atoms with Crippen LogP contribution in [0, 0.1) is 23.4 Å². The summed E-state index contributed by atoms with van der Waals surface area (Å²) in [5.41, 5.74) is 0.502. The first-order valence-electron chi connectivity index (χ1n) is 13.4. The number of halogens is 3. The Kier molecular flexibility index (Phi) is 8.01. The van der Waals surface area contributed by atoms with Gasteiger partial charge in [0.25, 0.3) is 5.91 Å². The van der Waals surface area contributed by atoms with E-state index < -0.39 is 52.8 Å². The lowest BCUT2D eigenvalue weighted by atomic mass is 9.94. The van der Waals surface area contributed by atoms with Crippen molar-refractivity contribution in [3.8, 4) is 11.3 Å². The molecule has 1 aliphatic carbocycles. The van der Waals surface area contributed by atoms with Gasteiger partial charge < -0.3 is 25.4 Å². The Morgan fingerprint density at radius 1 is 1.07 bits per heavy atom. The van der Waals surface area contributed by atoms with E-state index in [2.05, 4.69) is 20.6 Å². The number of carbonyl (C=O) groups is 3. The molecule has 1 fully saturated rings. The summed E-state index contributed by atoms with van der Waals surface area (Å²) in [6.45, 7) is 4.13. The number of piperidine rings is 1. The van der Waals surface area contributed by atoms with E-state index in [4.69, 9.17) is 4.74 Å².